The normalized spacial score (nSPS) is 12.9. The monoisotopic (exact) mass is 151 g/mol. The number of ether oxygens (including phenoxy) is 1. The number of rotatable bonds is 2. The molecule has 2 N–H and O–H groups in total. The Kier molecular flexibility index (Phi) is 2.49. The van der Waals surface area contributed by atoms with Gasteiger partial charge in [-0.2, -0.15) is 0 Å². The summed E-state index contributed by atoms with van der Waals surface area (Å²) in [5, 5.41) is 0. The van der Waals surface area contributed by atoms with Crippen LogP contribution in [0.25, 0.3) is 0 Å². The van der Waals surface area contributed by atoms with Gasteiger partial charge in [0.05, 0.1) is 6.10 Å². The Balaban J connectivity index is 2.93. The van der Waals surface area contributed by atoms with Crippen molar-refractivity contribution in [2.75, 3.05) is 12.8 Å². The van der Waals surface area contributed by atoms with Crippen molar-refractivity contribution in [3.63, 3.8) is 0 Å². The molecular weight excluding hydrogens is 138 g/mol. The quantitative estimate of drug-likeness (QED) is 0.656. The summed E-state index contributed by atoms with van der Waals surface area (Å²) in [5.74, 6) is 0. The molecule has 0 amide bonds. The predicted octanol–water partition coefficient (Wildman–Crippen LogP) is 1.98. The van der Waals surface area contributed by atoms with E-state index >= 15 is 0 Å². The summed E-state index contributed by atoms with van der Waals surface area (Å²) in [5.41, 5.74) is 7.56. The molecule has 0 aromatic heterocycles. The van der Waals surface area contributed by atoms with E-state index in [9.17, 15) is 0 Å². The number of nitrogen functional groups attached to an aromatic ring is 1. The van der Waals surface area contributed by atoms with Gasteiger partial charge in [0.15, 0.2) is 0 Å². The van der Waals surface area contributed by atoms with Gasteiger partial charge in [-0.05, 0) is 13.0 Å². The lowest BCUT2D eigenvalue weighted by molar-refractivity contribution is 0.120. The summed E-state index contributed by atoms with van der Waals surface area (Å²) in [6, 6.07) is 7.73. The summed E-state index contributed by atoms with van der Waals surface area (Å²) in [6.45, 7) is 1.98. The van der Waals surface area contributed by atoms with E-state index in [0.717, 1.165) is 11.3 Å². The topological polar surface area (TPSA) is 35.2 Å². The third-order valence-electron chi connectivity index (χ3n) is 1.79. The van der Waals surface area contributed by atoms with E-state index < -0.39 is 0 Å². The molecule has 1 atom stereocenters. The van der Waals surface area contributed by atoms with E-state index in [1.54, 1.807) is 7.11 Å². The molecule has 0 saturated carbocycles. The van der Waals surface area contributed by atoms with Gasteiger partial charge in [0, 0.05) is 18.4 Å². The van der Waals surface area contributed by atoms with Crippen LogP contribution in [-0.4, -0.2) is 7.11 Å². The molecular formula is C9H13NO. The van der Waals surface area contributed by atoms with Crippen molar-refractivity contribution in [1.82, 2.24) is 0 Å². The molecule has 1 rings (SSSR count). The molecule has 0 fully saturated rings. The lowest BCUT2D eigenvalue weighted by Crippen LogP contribution is -2.00. The van der Waals surface area contributed by atoms with Crippen LogP contribution in [-0.2, 0) is 4.74 Å². The first-order chi connectivity index (χ1) is 5.25. The van der Waals surface area contributed by atoms with Gasteiger partial charge in [-0.25, -0.2) is 0 Å². The Labute approximate surface area is 67.0 Å². The SMILES string of the molecule is CO[C@H](C)c1ccccc1N. The maximum Gasteiger partial charge on any atom is 0.0812 e. The van der Waals surface area contributed by atoms with Crippen LogP contribution in [0.1, 0.15) is 18.6 Å². The zero-order valence-corrected chi connectivity index (χ0v) is 6.87. The second kappa shape index (κ2) is 3.39. The first-order valence-corrected chi connectivity index (χ1v) is 3.63. The van der Waals surface area contributed by atoms with Crippen LogP contribution in [0.4, 0.5) is 5.69 Å². The molecule has 0 aliphatic rings. The number of nitrogens with two attached hydrogens (primary N) is 1. The van der Waals surface area contributed by atoms with Gasteiger partial charge in [-0.1, -0.05) is 18.2 Å². The first-order valence-electron chi connectivity index (χ1n) is 3.63. The van der Waals surface area contributed by atoms with Gasteiger partial charge in [0.1, 0.15) is 0 Å². The zero-order chi connectivity index (χ0) is 8.27. The summed E-state index contributed by atoms with van der Waals surface area (Å²) in [7, 11) is 1.68. The fraction of sp³-hybridized carbons (Fsp3) is 0.333. The van der Waals surface area contributed by atoms with E-state index in [1.165, 1.54) is 0 Å². The van der Waals surface area contributed by atoms with Crippen LogP contribution >= 0.6 is 0 Å². The number of para-hydroxylation sites is 1. The molecule has 11 heavy (non-hydrogen) atoms. The van der Waals surface area contributed by atoms with Gasteiger partial charge >= 0.3 is 0 Å². The first kappa shape index (κ1) is 8.08. The number of methoxy groups -OCH3 is 1. The fourth-order valence-corrected chi connectivity index (χ4v) is 1.01. The van der Waals surface area contributed by atoms with E-state index in [1.807, 2.05) is 31.2 Å². The average molecular weight is 151 g/mol. The van der Waals surface area contributed by atoms with E-state index in [-0.39, 0.29) is 6.10 Å². The summed E-state index contributed by atoms with van der Waals surface area (Å²) >= 11 is 0. The molecule has 60 valence electrons. The Bertz CT molecular complexity index is 235. The van der Waals surface area contributed by atoms with Crippen LogP contribution < -0.4 is 5.73 Å². The van der Waals surface area contributed by atoms with Gasteiger partial charge in [0.2, 0.25) is 0 Å². The van der Waals surface area contributed by atoms with Crippen molar-refractivity contribution in [3.05, 3.63) is 29.8 Å². The van der Waals surface area contributed by atoms with Crippen molar-refractivity contribution in [2.45, 2.75) is 13.0 Å². The minimum Gasteiger partial charge on any atom is -0.398 e. The van der Waals surface area contributed by atoms with Crippen molar-refractivity contribution < 1.29 is 4.74 Å². The molecule has 1 aromatic rings. The van der Waals surface area contributed by atoms with Crippen LogP contribution in [0.3, 0.4) is 0 Å². The summed E-state index contributed by atoms with van der Waals surface area (Å²) in [4.78, 5) is 0. The molecule has 0 heterocycles. The maximum absolute atomic E-state index is 5.72. The van der Waals surface area contributed by atoms with E-state index in [2.05, 4.69) is 0 Å². The third-order valence-corrected chi connectivity index (χ3v) is 1.79. The van der Waals surface area contributed by atoms with Gasteiger partial charge in [0.25, 0.3) is 0 Å². The van der Waals surface area contributed by atoms with Crippen molar-refractivity contribution in [3.8, 4) is 0 Å². The van der Waals surface area contributed by atoms with Gasteiger partial charge in [-0.3, -0.25) is 0 Å². The van der Waals surface area contributed by atoms with Crippen LogP contribution in [0, 0.1) is 0 Å². The largest absolute Gasteiger partial charge is 0.398 e. The number of benzene rings is 1. The van der Waals surface area contributed by atoms with Crippen molar-refractivity contribution in [2.24, 2.45) is 0 Å². The van der Waals surface area contributed by atoms with Crippen LogP contribution in [0.2, 0.25) is 0 Å². The zero-order valence-electron chi connectivity index (χ0n) is 6.87. The standard InChI is InChI=1S/C9H13NO/c1-7(11-2)8-5-3-4-6-9(8)10/h3-7H,10H2,1-2H3/t7-/m1/s1. The molecule has 0 radical (unpaired) electrons. The smallest absolute Gasteiger partial charge is 0.0812 e. The molecule has 0 bridgehead atoms. The Morgan fingerprint density at radius 3 is 2.55 bits per heavy atom. The second-order valence-electron chi connectivity index (χ2n) is 2.51. The van der Waals surface area contributed by atoms with E-state index in [0.29, 0.717) is 0 Å². The lowest BCUT2D eigenvalue weighted by Gasteiger charge is -2.11. The third kappa shape index (κ3) is 1.71. The second-order valence-corrected chi connectivity index (χ2v) is 2.51. The molecule has 0 aliphatic heterocycles. The van der Waals surface area contributed by atoms with E-state index in [4.69, 9.17) is 10.5 Å². The maximum atomic E-state index is 5.72. The highest BCUT2D eigenvalue weighted by atomic mass is 16.5. The average Bonchev–Trinajstić information content (AvgIpc) is 2.04. The molecule has 2 nitrogen and oxygen atoms in total. The highest BCUT2D eigenvalue weighted by Crippen LogP contribution is 2.21. The number of anilines is 1. The van der Waals surface area contributed by atoms with Crippen LogP contribution in [0.15, 0.2) is 24.3 Å². The lowest BCUT2D eigenvalue weighted by atomic mass is 10.1. The summed E-state index contributed by atoms with van der Waals surface area (Å²) in [6.07, 6.45) is 0.0798. The summed E-state index contributed by atoms with van der Waals surface area (Å²) < 4.78 is 5.14. The Hall–Kier alpha value is -1.02. The number of hydrogen-bond donors (Lipinski definition) is 1. The highest BCUT2D eigenvalue weighted by Gasteiger charge is 2.05. The molecule has 0 spiro atoms. The van der Waals surface area contributed by atoms with Gasteiger partial charge in [-0.15, -0.1) is 0 Å². The molecule has 0 aliphatic carbocycles. The van der Waals surface area contributed by atoms with Gasteiger partial charge < -0.3 is 10.5 Å². The molecule has 2 heteroatoms. The molecule has 0 saturated heterocycles. The highest BCUT2D eigenvalue weighted by molar-refractivity contribution is 5.47. The number of hydrogen-bond acceptors (Lipinski definition) is 2. The minimum atomic E-state index is 0.0798. The predicted molar refractivity (Wildman–Crippen MR) is 46.3 cm³/mol. The fourth-order valence-electron chi connectivity index (χ4n) is 1.01. The Morgan fingerprint density at radius 1 is 1.36 bits per heavy atom. The van der Waals surface area contributed by atoms with Crippen LogP contribution in [0.5, 0.6) is 0 Å². The Morgan fingerprint density at radius 2 is 2.00 bits per heavy atom. The minimum absolute atomic E-state index is 0.0798. The molecule has 0 unspecified atom stereocenters. The molecule has 1 aromatic carbocycles. The van der Waals surface area contributed by atoms with Crippen molar-refractivity contribution in [1.29, 1.82) is 0 Å². The van der Waals surface area contributed by atoms with Crippen molar-refractivity contribution >= 4 is 5.69 Å².